The van der Waals surface area contributed by atoms with Gasteiger partial charge in [-0.1, -0.05) is 0 Å². The molecule has 0 bridgehead atoms. The molecule has 1 aromatic heterocycles. The van der Waals surface area contributed by atoms with Crippen molar-refractivity contribution in [1.82, 2.24) is 9.88 Å². The highest BCUT2D eigenvalue weighted by atomic mass is 19.1. The molecule has 0 spiro atoms. The summed E-state index contributed by atoms with van der Waals surface area (Å²) < 4.78 is 16.7. The predicted octanol–water partition coefficient (Wildman–Crippen LogP) is 2.78. The van der Waals surface area contributed by atoms with Crippen molar-refractivity contribution in [2.75, 3.05) is 18.0 Å². The van der Waals surface area contributed by atoms with Crippen LogP contribution in [0.4, 0.5) is 10.1 Å². The lowest BCUT2D eigenvalue weighted by molar-refractivity contribution is 0.0694. The molecule has 1 fully saturated rings. The fraction of sp³-hybridized carbons (Fsp3) is 0.500. The van der Waals surface area contributed by atoms with Crippen LogP contribution in [0.5, 0.6) is 0 Å². The third-order valence-corrected chi connectivity index (χ3v) is 4.92. The fourth-order valence-corrected chi connectivity index (χ4v) is 3.81. The quantitative estimate of drug-likeness (QED) is 0.844. The number of carbonyl (C=O) groups is 1. The van der Waals surface area contributed by atoms with E-state index in [1.165, 1.54) is 12.3 Å². The number of carboxylic acid groups (broad SMARTS) is 1. The molecule has 0 aliphatic carbocycles. The number of fused-ring (bicyclic) bond motifs is 1. The van der Waals surface area contributed by atoms with Crippen LogP contribution < -0.4 is 15.6 Å². The number of hydrogen-bond acceptors (Lipinski definition) is 4. The smallest absolute Gasteiger partial charge is 0.341 e. The minimum Gasteiger partial charge on any atom is -0.477 e. The molecule has 6 nitrogen and oxygen atoms in total. The number of aromatic carboxylic acids is 1. The average molecular weight is 375 g/mol. The number of halogens is 1. The highest BCUT2D eigenvalue weighted by Crippen LogP contribution is 2.29. The Morgan fingerprint density at radius 2 is 1.81 bits per heavy atom. The van der Waals surface area contributed by atoms with E-state index in [9.17, 15) is 19.1 Å². The van der Waals surface area contributed by atoms with Crippen molar-refractivity contribution in [3.8, 4) is 0 Å². The van der Waals surface area contributed by atoms with Crippen LogP contribution in [-0.4, -0.2) is 40.8 Å². The number of carboxylic acids is 1. The summed E-state index contributed by atoms with van der Waals surface area (Å²) in [7, 11) is 0. The van der Waals surface area contributed by atoms with Crippen molar-refractivity contribution >= 4 is 22.6 Å². The van der Waals surface area contributed by atoms with Gasteiger partial charge < -0.3 is 19.9 Å². The minimum absolute atomic E-state index is 0.0855. The number of nitrogens with zero attached hydrogens (tertiary/aromatic N) is 2. The molecule has 2 atom stereocenters. The Labute approximate surface area is 157 Å². The number of pyridine rings is 1. The van der Waals surface area contributed by atoms with Gasteiger partial charge in [-0.05, 0) is 46.8 Å². The zero-order valence-corrected chi connectivity index (χ0v) is 16.3. The summed E-state index contributed by atoms with van der Waals surface area (Å²) in [5, 5.41) is 12.9. The lowest BCUT2D eigenvalue weighted by atomic mass is 10.0. The van der Waals surface area contributed by atoms with Gasteiger partial charge >= 0.3 is 5.97 Å². The van der Waals surface area contributed by atoms with Gasteiger partial charge in [0.15, 0.2) is 0 Å². The molecule has 1 aliphatic heterocycles. The lowest BCUT2D eigenvalue weighted by Crippen LogP contribution is -2.54. The Morgan fingerprint density at radius 3 is 2.33 bits per heavy atom. The molecule has 146 valence electrons. The molecule has 7 heteroatoms. The third-order valence-electron chi connectivity index (χ3n) is 4.92. The van der Waals surface area contributed by atoms with E-state index in [-0.39, 0.29) is 23.0 Å². The Morgan fingerprint density at radius 1 is 1.22 bits per heavy atom. The number of piperazine rings is 1. The molecule has 1 saturated heterocycles. The van der Waals surface area contributed by atoms with Crippen LogP contribution in [0.25, 0.3) is 10.9 Å². The highest BCUT2D eigenvalue weighted by molar-refractivity contribution is 5.93. The molecule has 2 aromatic rings. The molecule has 3 rings (SSSR count). The molecule has 2 heterocycles. The van der Waals surface area contributed by atoms with Crippen molar-refractivity contribution in [1.29, 1.82) is 0 Å². The molecule has 1 aromatic carbocycles. The summed E-state index contributed by atoms with van der Waals surface area (Å²) in [5.74, 6) is -1.82. The Hall–Kier alpha value is -2.41. The van der Waals surface area contributed by atoms with Crippen LogP contribution in [0.2, 0.25) is 0 Å². The molecule has 2 N–H and O–H groups in total. The molecule has 27 heavy (non-hydrogen) atoms. The van der Waals surface area contributed by atoms with Crippen molar-refractivity contribution in [2.45, 2.75) is 52.2 Å². The standard InChI is InChI=1S/C20H26FN3O3/c1-11-8-23(9-12(2)22-11)17-7-16-13(6-15(17)21)18(25)14(19(26)27)10-24(16)20(3,4)5/h6-7,10-12,22H,8-9H2,1-5H3,(H,26,27). The maximum Gasteiger partial charge on any atom is 0.341 e. The second kappa shape index (κ2) is 6.64. The van der Waals surface area contributed by atoms with E-state index >= 15 is 0 Å². The van der Waals surface area contributed by atoms with Crippen molar-refractivity contribution < 1.29 is 14.3 Å². The largest absolute Gasteiger partial charge is 0.477 e. The van der Waals surface area contributed by atoms with E-state index in [1.54, 1.807) is 10.6 Å². The summed E-state index contributed by atoms with van der Waals surface area (Å²) in [6, 6.07) is 3.28. The van der Waals surface area contributed by atoms with Crippen LogP contribution >= 0.6 is 0 Å². The van der Waals surface area contributed by atoms with E-state index in [4.69, 9.17) is 0 Å². The van der Waals surface area contributed by atoms with Crippen molar-refractivity contribution in [3.63, 3.8) is 0 Å². The molecule has 1 aliphatic rings. The second-order valence-corrected chi connectivity index (χ2v) is 8.41. The van der Waals surface area contributed by atoms with Crippen LogP contribution in [0.3, 0.4) is 0 Å². The molecule has 0 radical (unpaired) electrons. The summed E-state index contributed by atoms with van der Waals surface area (Å²) in [6.45, 7) is 11.2. The van der Waals surface area contributed by atoms with Gasteiger partial charge in [-0.15, -0.1) is 0 Å². The van der Waals surface area contributed by atoms with Gasteiger partial charge in [-0.2, -0.15) is 0 Å². The van der Waals surface area contributed by atoms with Gasteiger partial charge in [0.2, 0.25) is 5.43 Å². The van der Waals surface area contributed by atoms with Crippen molar-refractivity contribution in [2.24, 2.45) is 0 Å². The summed E-state index contributed by atoms with van der Waals surface area (Å²) in [6.07, 6.45) is 1.36. The first-order chi connectivity index (χ1) is 12.5. The number of nitrogens with one attached hydrogen (secondary N) is 1. The van der Waals surface area contributed by atoms with Gasteiger partial charge in [0.05, 0.1) is 11.2 Å². The van der Waals surface area contributed by atoms with Gasteiger partial charge in [-0.25, -0.2) is 9.18 Å². The van der Waals surface area contributed by atoms with Gasteiger partial charge in [0.25, 0.3) is 0 Å². The number of rotatable bonds is 2. The maximum absolute atomic E-state index is 14.9. The molecule has 0 amide bonds. The first kappa shape index (κ1) is 19.4. The molecule has 2 unspecified atom stereocenters. The highest BCUT2D eigenvalue weighted by Gasteiger charge is 2.26. The molecule has 0 saturated carbocycles. The summed E-state index contributed by atoms with van der Waals surface area (Å²) in [5.41, 5.74) is -0.523. The first-order valence-corrected chi connectivity index (χ1v) is 9.12. The Kier molecular flexibility index (Phi) is 4.76. The predicted molar refractivity (Wildman–Crippen MR) is 104 cm³/mol. The topological polar surface area (TPSA) is 74.6 Å². The molecular weight excluding hydrogens is 349 g/mol. The average Bonchev–Trinajstić information content (AvgIpc) is 2.52. The van der Waals surface area contributed by atoms with Crippen LogP contribution in [0.1, 0.15) is 45.0 Å². The zero-order valence-electron chi connectivity index (χ0n) is 16.3. The van der Waals surface area contributed by atoms with Crippen LogP contribution in [-0.2, 0) is 5.54 Å². The lowest BCUT2D eigenvalue weighted by Gasteiger charge is -2.38. The number of aromatic nitrogens is 1. The van der Waals surface area contributed by atoms with E-state index < -0.39 is 22.8 Å². The van der Waals surface area contributed by atoms with E-state index in [0.29, 0.717) is 24.3 Å². The SMILES string of the molecule is CC1CN(c2cc3c(cc2F)c(=O)c(C(=O)O)cn3C(C)(C)C)CC(C)N1. The van der Waals surface area contributed by atoms with Gasteiger partial charge in [-0.3, -0.25) is 4.79 Å². The van der Waals surface area contributed by atoms with Gasteiger partial charge in [0.1, 0.15) is 11.4 Å². The van der Waals surface area contributed by atoms with Crippen LogP contribution in [0.15, 0.2) is 23.1 Å². The van der Waals surface area contributed by atoms with E-state index in [2.05, 4.69) is 5.32 Å². The Bertz CT molecular complexity index is 952. The van der Waals surface area contributed by atoms with Gasteiger partial charge in [0, 0.05) is 42.3 Å². The summed E-state index contributed by atoms with van der Waals surface area (Å²) in [4.78, 5) is 26.1. The van der Waals surface area contributed by atoms with Crippen LogP contribution in [0, 0.1) is 5.82 Å². The van der Waals surface area contributed by atoms with Crippen molar-refractivity contribution in [3.05, 3.63) is 39.9 Å². The first-order valence-electron chi connectivity index (χ1n) is 9.12. The second-order valence-electron chi connectivity index (χ2n) is 8.41. The summed E-state index contributed by atoms with van der Waals surface area (Å²) >= 11 is 0. The zero-order chi connectivity index (χ0) is 20.1. The normalized spacial score (nSPS) is 20.9. The third kappa shape index (κ3) is 3.56. The van der Waals surface area contributed by atoms with E-state index in [1.807, 2.05) is 39.5 Å². The maximum atomic E-state index is 14.9. The number of benzene rings is 1. The fourth-order valence-electron chi connectivity index (χ4n) is 3.81. The minimum atomic E-state index is -1.31. The molecular formula is C20H26FN3O3. The number of anilines is 1. The van der Waals surface area contributed by atoms with E-state index in [0.717, 1.165) is 0 Å². The number of hydrogen-bond donors (Lipinski definition) is 2. The monoisotopic (exact) mass is 375 g/mol. The Balaban J connectivity index is 2.29.